The van der Waals surface area contributed by atoms with Gasteiger partial charge in [-0.25, -0.2) is 0 Å². The van der Waals surface area contributed by atoms with Crippen molar-refractivity contribution >= 4 is 23.0 Å². The van der Waals surface area contributed by atoms with Crippen molar-refractivity contribution in [1.82, 2.24) is 0 Å². The van der Waals surface area contributed by atoms with Crippen molar-refractivity contribution < 1.29 is 10.2 Å². The van der Waals surface area contributed by atoms with Gasteiger partial charge in [-0.05, 0) is 0 Å². The second-order valence-corrected chi connectivity index (χ2v) is 3.63. The molecule has 3 heteroatoms. The minimum atomic E-state index is -0.127. The van der Waals surface area contributed by atoms with Gasteiger partial charge in [-0.1, -0.05) is 0 Å². The molecule has 0 radical (unpaired) electrons. The Bertz CT molecular complexity index is 38.7. The Morgan fingerprint density at radius 2 is 2.14 bits per heavy atom. The van der Waals surface area contributed by atoms with E-state index in [1.54, 1.807) is 0 Å². The molecule has 0 amide bonds. The average Bonchev–Trinajstić information content (AvgIpc) is 1.61. The summed E-state index contributed by atoms with van der Waals surface area (Å²) in [6.45, 7) is 0.206. The van der Waals surface area contributed by atoms with Gasteiger partial charge in [0.2, 0.25) is 0 Å². The van der Waals surface area contributed by atoms with Gasteiger partial charge in [-0.3, -0.25) is 0 Å². The fraction of sp³-hybridized carbons (Fsp3) is 1.00. The molecular formula is C4H11O2Sb. The van der Waals surface area contributed by atoms with Crippen LogP contribution in [-0.2, 0) is 0 Å². The molecule has 0 aliphatic rings. The zero-order valence-corrected chi connectivity index (χ0v) is 7.47. The molecule has 0 aliphatic carbocycles. The second kappa shape index (κ2) is 4.89. The number of rotatable bonds is 3. The monoisotopic (exact) mass is 212 g/mol. The summed E-state index contributed by atoms with van der Waals surface area (Å²) in [7, 11) is 0. The van der Waals surface area contributed by atoms with E-state index in [9.17, 15) is 0 Å². The van der Waals surface area contributed by atoms with Gasteiger partial charge in [0.25, 0.3) is 0 Å². The Labute approximate surface area is 57.0 Å². The Morgan fingerprint density at radius 1 is 1.57 bits per heavy atom. The second-order valence-electron chi connectivity index (χ2n) is 1.43. The van der Waals surface area contributed by atoms with Gasteiger partial charge in [0.15, 0.2) is 0 Å². The third kappa shape index (κ3) is 6.74. The van der Waals surface area contributed by atoms with Crippen LogP contribution >= 0.6 is 0 Å². The van der Waals surface area contributed by atoms with Crippen LogP contribution in [0.4, 0.5) is 0 Å². The van der Waals surface area contributed by atoms with Crippen LogP contribution in [0, 0.1) is 0 Å². The SMILES string of the molecule is OCCC[CH](O)[SbH2]. The number of hydrogen-bond acceptors (Lipinski definition) is 2. The first-order valence-electron chi connectivity index (χ1n) is 2.32. The summed E-state index contributed by atoms with van der Waals surface area (Å²) in [6, 6.07) is 0. The van der Waals surface area contributed by atoms with E-state index in [1.807, 2.05) is 0 Å². The molecule has 0 fully saturated rings. The first kappa shape index (κ1) is 7.74. The normalized spacial score (nSPS) is 14.1. The Morgan fingerprint density at radius 3 is 2.29 bits per heavy atom. The molecular weight excluding hydrogens is 202 g/mol. The maximum absolute atomic E-state index is 8.63. The summed E-state index contributed by atoms with van der Waals surface area (Å²) in [5.74, 6) is 0. The maximum atomic E-state index is 8.63. The van der Waals surface area contributed by atoms with Crippen LogP contribution in [0.3, 0.4) is 0 Å². The van der Waals surface area contributed by atoms with Gasteiger partial charge >= 0.3 is 56.7 Å². The number of hydrogen-bond donors (Lipinski definition) is 2. The van der Waals surface area contributed by atoms with Crippen LogP contribution in [0.1, 0.15) is 12.8 Å². The third-order valence-corrected chi connectivity index (χ3v) is 1.61. The van der Waals surface area contributed by atoms with Crippen LogP contribution in [0.2, 0.25) is 0 Å². The van der Waals surface area contributed by atoms with Crippen LogP contribution in [0.5, 0.6) is 0 Å². The molecule has 0 bridgehead atoms. The van der Waals surface area contributed by atoms with Crippen molar-refractivity contribution in [2.75, 3.05) is 6.61 Å². The van der Waals surface area contributed by atoms with E-state index >= 15 is 0 Å². The van der Waals surface area contributed by atoms with E-state index in [0.29, 0.717) is 0 Å². The van der Waals surface area contributed by atoms with Crippen LogP contribution in [0.25, 0.3) is 0 Å². The average molecular weight is 213 g/mol. The molecule has 1 atom stereocenters. The van der Waals surface area contributed by atoms with Gasteiger partial charge in [0.1, 0.15) is 0 Å². The third-order valence-electron chi connectivity index (χ3n) is 0.658. The zero-order valence-electron chi connectivity index (χ0n) is 4.17. The molecule has 0 aromatic heterocycles. The Hall–Kier alpha value is 0.738. The van der Waals surface area contributed by atoms with Gasteiger partial charge in [-0.2, -0.15) is 0 Å². The molecule has 0 aliphatic heterocycles. The summed E-state index contributed by atoms with van der Waals surface area (Å²) in [5.41, 5.74) is 0. The van der Waals surface area contributed by atoms with E-state index in [-0.39, 0.29) is 10.7 Å². The molecule has 1 unspecified atom stereocenters. The Balaban J connectivity index is 2.68. The molecule has 0 saturated heterocycles. The fourth-order valence-corrected chi connectivity index (χ4v) is 0.973. The van der Waals surface area contributed by atoms with E-state index < -0.39 is 0 Å². The van der Waals surface area contributed by atoms with Crippen molar-refractivity contribution in [3.05, 3.63) is 0 Å². The summed E-state index contributed by atoms with van der Waals surface area (Å²) >= 11 is 0.885. The summed E-state index contributed by atoms with van der Waals surface area (Å²) in [5, 5.41) is 16.8. The molecule has 7 heavy (non-hydrogen) atoms. The van der Waals surface area contributed by atoms with E-state index in [1.165, 1.54) is 0 Å². The van der Waals surface area contributed by atoms with E-state index in [0.717, 1.165) is 35.9 Å². The predicted molar refractivity (Wildman–Crippen MR) is 30.9 cm³/mol. The standard InChI is InChI=1S/C4H9O2.Sb.2H/c5-3-1-2-4-6;;;/h3,5-6H,1-2,4H2;;;. The molecule has 44 valence electrons. The Kier molecular flexibility index (Phi) is 5.40. The number of aliphatic hydroxyl groups is 2. The van der Waals surface area contributed by atoms with Crippen LogP contribution in [0.15, 0.2) is 0 Å². The zero-order chi connectivity index (χ0) is 5.70. The first-order chi connectivity index (χ1) is 3.27. The van der Waals surface area contributed by atoms with Crippen LogP contribution < -0.4 is 0 Å². The van der Waals surface area contributed by atoms with Crippen molar-refractivity contribution in [1.29, 1.82) is 0 Å². The van der Waals surface area contributed by atoms with Gasteiger partial charge in [0, 0.05) is 0 Å². The molecule has 0 heterocycles. The number of aliphatic hydroxyl groups excluding tert-OH is 2. The van der Waals surface area contributed by atoms with Crippen molar-refractivity contribution in [3.8, 4) is 0 Å². The molecule has 0 spiro atoms. The van der Waals surface area contributed by atoms with Crippen LogP contribution in [-0.4, -0.2) is 43.9 Å². The molecule has 0 saturated carbocycles. The summed E-state index contributed by atoms with van der Waals surface area (Å²) in [6.07, 6.45) is 1.50. The summed E-state index contributed by atoms with van der Waals surface area (Å²) in [4.78, 5) is 0. The van der Waals surface area contributed by atoms with Gasteiger partial charge < -0.3 is 0 Å². The van der Waals surface area contributed by atoms with Gasteiger partial charge in [0.05, 0.1) is 0 Å². The van der Waals surface area contributed by atoms with E-state index in [4.69, 9.17) is 10.2 Å². The first-order valence-corrected chi connectivity index (χ1v) is 4.22. The molecule has 0 aromatic carbocycles. The quantitative estimate of drug-likeness (QED) is 0.572. The fourth-order valence-electron chi connectivity index (χ4n) is 0.300. The van der Waals surface area contributed by atoms with Gasteiger partial charge in [-0.15, -0.1) is 0 Å². The van der Waals surface area contributed by atoms with Crippen molar-refractivity contribution in [2.45, 2.75) is 16.9 Å². The molecule has 2 nitrogen and oxygen atoms in total. The predicted octanol–water partition coefficient (Wildman–Crippen LogP) is -1.29. The van der Waals surface area contributed by atoms with E-state index in [2.05, 4.69) is 0 Å². The minimum absolute atomic E-state index is 0.127. The topological polar surface area (TPSA) is 40.5 Å². The summed E-state index contributed by atoms with van der Waals surface area (Å²) < 4.78 is -0.127. The molecule has 0 rings (SSSR count). The molecule has 2 N–H and O–H groups in total. The van der Waals surface area contributed by atoms with Crippen molar-refractivity contribution in [2.24, 2.45) is 0 Å². The van der Waals surface area contributed by atoms with Crippen molar-refractivity contribution in [3.63, 3.8) is 0 Å². The molecule has 0 aromatic rings.